The lowest BCUT2D eigenvalue weighted by Crippen LogP contribution is -2.60. The number of anilines is 1. The van der Waals surface area contributed by atoms with Crippen LogP contribution in [0.3, 0.4) is 0 Å². The number of carbonyl (C=O) groups excluding carboxylic acids is 3. The lowest BCUT2D eigenvalue weighted by molar-refractivity contribution is -0.376. The number of nitrogens with zero attached hydrogens (tertiary/aromatic N) is 3. The standard InChI is InChI=1S/C33H38F6N4O5/c1-7-8-22-15-24(31(47,32(34,35)36)33(37,38)39)11-14-26(22)41-16-21(5)42(17-20(41)4)27(44)18-43-28(45)30(6,40-29(43)46)23-9-12-25(13-10-23)48-19(2)3/h7-15,19-21,47H,16-18H2,1-6H3,(H,40,46)/b8-7-/t20-,21+,30?/m1/s1. The summed E-state index contributed by atoms with van der Waals surface area (Å²) in [6.07, 6.45) is -9.36. The second-order valence-corrected chi connectivity index (χ2v) is 12.5. The molecule has 2 saturated heterocycles. The number of alkyl halides is 6. The fraction of sp³-hybridized carbons (Fsp3) is 0.485. The van der Waals surface area contributed by atoms with E-state index in [1.165, 1.54) is 30.9 Å². The number of aliphatic hydroxyl groups is 1. The predicted octanol–water partition coefficient (Wildman–Crippen LogP) is 5.71. The summed E-state index contributed by atoms with van der Waals surface area (Å²) in [4.78, 5) is 44.0. The maximum atomic E-state index is 13.6. The number of halogens is 6. The Morgan fingerprint density at radius 3 is 2.17 bits per heavy atom. The maximum Gasteiger partial charge on any atom is 0.430 e. The zero-order chi connectivity index (χ0) is 36.0. The molecule has 2 aromatic carbocycles. The Bertz CT molecular complexity index is 1560. The van der Waals surface area contributed by atoms with E-state index in [9.17, 15) is 45.8 Å². The monoisotopic (exact) mass is 684 g/mol. The molecule has 2 N–H and O–H groups in total. The highest BCUT2D eigenvalue weighted by Crippen LogP contribution is 2.50. The Balaban J connectivity index is 1.52. The summed E-state index contributed by atoms with van der Waals surface area (Å²) in [6, 6.07) is 7.25. The first-order valence-corrected chi connectivity index (χ1v) is 15.3. The minimum Gasteiger partial charge on any atom is -0.491 e. The molecule has 9 nitrogen and oxygen atoms in total. The van der Waals surface area contributed by atoms with E-state index in [-0.39, 0.29) is 24.8 Å². The number of urea groups is 1. The number of carbonyl (C=O) groups is 3. The van der Waals surface area contributed by atoms with Gasteiger partial charge in [-0.3, -0.25) is 14.5 Å². The largest absolute Gasteiger partial charge is 0.491 e. The quantitative estimate of drug-likeness (QED) is 0.273. The van der Waals surface area contributed by atoms with Gasteiger partial charge in [-0.25, -0.2) is 4.79 Å². The molecule has 48 heavy (non-hydrogen) atoms. The van der Waals surface area contributed by atoms with E-state index >= 15 is 0 Å². The van der Waals surface area contributed by atoms with Crippen molar-refractivity contribution in [2.45, 2.75) is 83.2 Å². The summed E-state index contributed by atoms with van der Waals surface area (Å²) in [7, 11) is 0. The normalized spacial score (nSPS) is 22.6. The number of piperazine rings is 1. The molecule has 262 valence electrons. The fourth-order valence-corrected chi connectivity index (χ4v) is 6.05. The van der Waals surface area contributed by atoms with Gasteiger partial charge in [0, 0.05) is 36.4 Å². The third-order valence-electron chi connectivity index (χ3n) is 8.60. The number of amides is 4. The molecule has 15 heteroatoms. The third kappa shape index (κ3) is 6.56. The number of rotatable bonds is 8. The molecule has 2 aliphatic heterocycles. The smallest absolute Gasteiger partial charge is 0.430 e. The minimum atomic E-state index is -6.04. The van der Waals surface area contributed by atoms with Gasteiger partial charge in [0.05, 0.1) is 6.10 Å². The first-order chi connectivity index (χ1) is 22.1. The average molecular weight is 685 g/mol. The van der Waals surface area contributed by atoms with Crippen molar-refractivity contribution in [1.29, 1.82) is 0 Å². The number of imide groups is 1. The predicted molar refractivity (Wildman–Crippen MR) is 165 cm³/mol. The van der Waals surface area contributed by atoms with E-state index in [0.29, 0.717) is 29.1 Å². The number of ether oxygens (including phenoxy) is 1. The van der Waals surface area contributed by atoms with Crippen molar-refractivity contribution in [2.24, 2.45) is 0 Å². The summed E-state index contributed by atoms with van der Waals surface area (Å²) >= 11 is 0. The van der Waals surface area contributed by atoms with Crippen LogP contribution in [0.5, 0.6) is 5.75 Å². The van der Waals surface area contributed by atoms with Crippen LogP contribution in [0.2, 0.25) is 0 Å². The molecule has 1 unspecified atom stereocenters. The molecule has 0 saturated carbocycles. The third-order valence-corrected chi connectivity index (χ3v) is 8.60. The maximum absolute atomic E-state index is 13.6. The van der Waals surface area contributed by atoms with Gasteiger partial charge >= 0.3 is 18.4 Å². The number of benzene rings is 2. The van der Waals surface area contributed by atoms with Crippen molar-refractivity contribution in [3.63, 3.8) is 0 Å². The van der Waals surface area contributed by atoms with E-state index in [1.807, 2.05) is 13.8 Å². The Morgan fingerprint density at radius 1 is 1.02 bits per heavy atom. The zero-order valence-corrected chi connectivity index (χ0v) is 27.2. The Hall–Kier alpha value is -4.27. The zero-order valence-electron chi connectivity index (χ0n) is 27.2. The van der Waals surface area contributed by atoms with E-state index in [4.69, 9.17) is 4.74 Å². The van der Waals surface area contributed by atoms with Crippen LogP contribution in [0.4, 0.5) is 36.8 Å². The van der Waals surface area contributed by atoms with Crippen LogP contribution < -0.4 is 15.0 Å². The van der Waals surface area contributed by atoms with Crippen LogP contribution in [0.15, 0.2) is 48.5 Å². The van der Waals surface area contributed by atoms with Gasteiger partial charge in [0.25, 0.3) is 11.5 Å². The van der Waals surface area contributed by atoms with Crippen molar-refractivity contribution in [3.05, 3.63) is 65.2 Å². The molecule has 4 rings (SSSR count). The van der Waals surface area contributed by atoms with Gasteiger partial charge < -0.3 is 25.0 Å². The first-order valence-electron chi connectivity index (χ1n) is 15.3. The molecular formula is C33H38F6N4O5. The minimum absolute atomic E-state index is 0.00294. The van der Waals surface area contributed by atoms with Gasteiger partial charge in [0.1, 0.15) is 17.8 Å². The highest BCUT2D eigenvalue weighted by molar-refractivity contribution is 6.09. The molecular weight excluding hydrogens is 646 g/mol. The Kier molecular flexibility index (Phi) is 9.88. The number of allylic oxidation sites excluding steroid dienone is 1. The topological polar surface area (TPSA) is 102 Å². The molecule has 0 bridgehead atoms. The molecule has 0 aromatic heterocycles. The average Bonchev–Trinajstić information content (AvgIpc) is 3.20. The molecule has 2 aromatic rings. The van der Waals surface area contributed by atoms with Crippen LogP contribution in [-0.2, 0) is 20.7 Å². The van der Waals surface area contributed by atoms with Gasteiger partial charge in [-0.1, -0.05) is 30.4 Å². The van der Waals surface area contributed by atoms with Crippen molar-refractivity contribution in [3.8, 4) is 5.75 Å². The first kappa shape index (κ1) is 36.6. The van der Waals surface area contributed by atoms with E-state index < -0.39 is 65.5 Å². The van der Waals surface area contributed by atoms with Crippen LogP contribution in [0.1, 0.15) is 58.2 Å². The molecule has 0 radical (unpaired) electrons. The highest BCUT2D eigenvalue weighted by Gasteiger charge is 2.71. The van der Waals surface area contributed by atoms with Crippen molar-refractivity contribution in [2.75, 3.05) is 24.5 Å². The molecule has 3 atom stereocenters. The summed E-state index contributed by atoms with van der Waals surface area (Å²) < 4.78 is 87.1. The van der Waals surface area contributed by atoms with Crippen molar-refractivity contribution in [1.82, 2.24) is 15.1 Å². The SMILES string of the molecule is C/C=C\c1cc(C(O)(C(F)(F)F)C(F)(F)F)ccc1N1C[C@H](C)N(C(=O)CN2C(=O)NC(C)(c3ccc(OC(C)C)cc3)C2=O)C[C@H]1C. The van der Waals surface area contributed by atoms with E-state index in [1.54, 1.807) is 43.0 Å². The summed E-state index contributed by atoms with van der Waals surface area (Å²) in [5.41, 5.74) is -7.10. The summed E-state index contributed by atoms with van der Waals surface area (Å²) in [5, 5.41) is 12.6. The van der Waals surface area contributed by atoms with Gasteiger partial charge in [-0.05, 0) is 76.9 Å². The molecule has 0 aliphatic carbocycles. The Morgan fingerprint density at radius 2 is 1.62 bits per heavy atom. The van der Waals surface area contributed by atoms with Crippen LogP contribution in [0, 0.1) is 0 Å². The highest BCUT2D eigenvalue weighted by atomic mass is 19.4. The lowest BCUT2D eigenvalue weighted by Gasteiger charge is -2.46. The van der Waals surface area contributed by atoms with Gasteiger partial charge in [0.2, 0.25) is 5.91 Å². The van der Waals surface area contributed by atoms with E-state index in [2.05, 4.69) is 5.32 Å². The fourth-order valence-electron chi connectivity index (χ4n) is 6.05. The van der Waals surface area contributed by atoms with Crippen LogP contribution in [0.25, 0.3) is 6.08 Å². The molecule has 2 aliphatic rings. The summed E-state index contributed by atoms with van der Waals surface area (Å²) in [6.45, 7) is 9.89. The van der Waals surface area contributed by atoms with Gasteiger partial charge in [0.15, 0.2) is 0 Å². The van der Waals surface area contributed by atoms with Crippen LogP contribution >= 0.6 is 0 Å². The molecule has 2 fully saturated rings. The number of hydrogen-bond acceptors (Lipinski definition) is 6. The molecule has 4 amide bonds. The Labute approximate surface area is 274 Å². The van der Waals surface area contributed by atoms with E-state index in [0.717, 1.165) is 11.0 Å². The number of hydrogen-bond donors (Lipinski definition) is 2. The number of nitrogens with one attached hydrogen (secondary N) is 1. The van der Waals surface area contributed by atoms with Crippen molar-refractivity contribution < 1.29 is 50.6 Å². The summed E-state index contributed by atoms with van der Waals surface area (Å²) in [5.74, 6) is -0.556. The molecule has 2 heterocycles. The van der Waals surface area contributed by atoms with Crippen molar-refractivity contribution >= 4 is 29.6 Å². The lowest BCUT2D eigenvalue weighted by atomic mass is 9.89. The second-order valence-electron chi connectivity index (χ2n) is 12.5. The van der Waals surface area contributed by atoms with Crippen LogP contribution in [-0.4, -0.2) is 82.9 Å². The molecule has 0 spiro atoms. The second kappa shape index (κ2) is 13.0. The van der Waals surface area contributed by atoms with Gasteiger partial charge in [-0.2, -0.15) is 26.3 Å². The van der Waals surface area contributed by atoms with Gasteiger partial charge in [-0.15, -0.1) is 0 Å².